The Hall–Kier alpha value is -1.38. The minimum Gasteiger partial charge on any atom is -0.317 e. The summed E-state index contributed by atoms with van der Waals surface area (Å²) in [7, 11) is 0. The third kappa shape index (κ3) is 3.82. The van der Waals surface area contributed by atoms with Crippen LogP contribution in [0, 0.1) is 17.2 Å². The number of carbonyl (C=O) groups excluding carboxylic acids is 1. The van der Waals surface area contributed by atoms with Gasteiger partial charge in [0.05, 0.1) is 5.56 Å². The zero-order valence-corrected chi connectivity index (χ0v) is 16.5. The molecule has 2 fully saturated rings. The summed E-state index contributed by atoms with van der Waals surface area (Å²) in [4.78, 5) is 16.5. The SMILES string of the molecule is CC1CCC(N(CCC(=O)Nc2sc3c(c2C#N)CCC3)C2CC2)CC1. The second-order valence-corrected chi connectivity index (χ2v) is 9.46. The highest BCUT2D eigenvalue weighted by Crippen LogP contribution is 2.39. The van der Waals surface area contributed by atoms with Crippen LogP contribution < -0.4 is 5.32 Å². The molecule has 0 bridgehead atoms. The Morgan fingerprint density at radius 3 is 2.54 bits per heavy atom. The molecule has 0 atom stereocenters. The highest BCUT2D eigenvalue weighted by molar-refractivity contribution is 7.16. The van der Waals surface area contributed by atoms with E-state index in [0.717, 1.165) is 42.3 Å². The van der Waals surface area contributed by atoms with Gasteiger partial charge in [0.25, 0.3) is 0 Å². The lowest BCUT2D eigenvalue weighted by Gasteiger charge is -2.36. The van der Waals surface area contributed by atoms with Crippen LogP contribution in [0.1, 0.15) is 74.3 Å². The van der Waals surface area contributed by atoms with E-state index in [0.29, 0.717) is 18.5 Å². The first-order valence-electron chi connectivity index (χ1n) is 10.3. The van der Waals surface area contributed by atoms with Crippen LogP contribution in [0.15, 0.2) is 0 Å². The van der Waals surface area contributed by atoms with Crippen LogP contribution in [0.5, 0.6) is 0 Å². The van der Waals surface area contributed by atoms with E-state index in [1.54, 1.807) is 11.3 Å². The molecule has 1 aromatic heterocycles. The van der Waals surface area contributed by atoms with E-state index in [1.165, 1.54) is 49.0 Å². The number of amides is 1. The number of hydrogen-bond acceptors (Lipinski definition) is 4. The fourth-order valence-corrected chi connectivity index (χ4v) is 5.93. The Labute approximate surface area is 160 Å². The van der Waals surface area contributed by atoms with Crippen molar-refractivity contribution in [1.82, 2.24) is 4.90 Å². The van der Waals surface area contributed by atoms with Crippen molar-refractivity contribution in [2.24, 2.45) is 5.92 Å². The minimum atomic E-state index is 0.0660. The molecule has 4 rings (SSSR count). The molecular formula is C21H29N3OS. The van der Waals surface area contributed by atoms with Crippen molar-refractivity contribution in [3.8, 4) is 6.07 Å². The van der Waals surface area contributed by atoms with E-state index in [2.05, 4.69) is 23.2 Å². The summed E-state index contributed by atoms with van der Waals surface area (Å²) in [6.07, 6.45) is 11.5. The second-order valence-electron chi connectivity index (χ2n) is 8.35. The molecule has 140 valence electrons. The molecule has 5 heteroatoms. The molecule has 1 heterocycles. The van der Waals surface area contributed by atoms with E-state index in [9.17, 15) is 10.1 Å². The molecule has 3 aliphatic rings. The number of nitrogens with one attached hydrogen (secondary N) is 1. The lowest BCUT2D eigenvalue weighted by molar-refractivity contribution is -0.116. The normalized spacial score (nSPS) is 25.1. The van der Waals surface area contributed by atoms with E-state index < -0.39 is 0 Å². The number of fused-ring (bicyclic) bond motifs is 1. The Balaban J connectivity index is 1.34. The van der Waals surface area contributed by atoms with E-state index in [1.807, 2.05) is 0 Å². The van der Waals surface area contributed by atoms with Crippen LogP contribution in [-0.4, -0.2) is 29.4 Å². The van der Waals surface area contributed by atoms with Crippen molar-refractivity contribution in [3.63, 3.8) is 0 Å². The monoisotopic (exact) mass is 371 g/mol. The first-order valence-corrected chi connectivity index (χ1v) is 11.1. The highest BCUT2D eigenvalue weighted by Gasteiger charge is 2.35. The first kappa shape index (κ1) is 18.0. The van der Waals surface area contributed by atoms with Crippen LogP contribution in [0.3, 0.4) is 0 Å². The summed E-state index contributed by atoms with van der Waals surface area (Å²) >= 11 is 1.61. The summed E-state index contributed by atoms with van der Waals surface area (Å²) in [5.74, 6) is 0.928. The van der Waals surface area contributed by atoms with Crippen molar-refractivity contribution in [1.29, 1.82) is 5.26 Å². The fraction of sp³-hybridized carbons (Fsp3) is 0.714. The first-order chi connectivity index (χ1) is 12.7. The molecule has 1 N–H and O–H groups in total. The molecular weight excluding hydrogens is 342 g/mol. The summed E-state index contributed by atoms with van der Waals surface area (Å²) in [5.41, 5.74) is 1.90. The van der Waals surface area contributed by atoms with E-state index in [4.69, 9.17) is 0 Å². The van der Waals surface area contributed by atoms with Gasteiger partial charge >= 0.3 is 0 Å². The maximum absolute atomic E-state index is 12.5. The van der Waals surface area contributed by atoms with Gasteiger partial charge in [-0.2, -0.15) is 5.26 Å². The predicted molar refractivity (Wildman–Crippen MR) is 105 cm³/mol. The largest absolute Gasteiger partial charge is 0.317 e. The van der Waals surface area contributed by atoms with Gasteiger partial charge < -0.3 is 5.32 Å². The maximum Gasteiger partial charge on any atom is 0.226 e. The number of rotatable bonds is 6. The lowest BCUT2D eigenvalue weighted by atomic mass is 9.86. The lowest BCUT2D eigenvalue weighted by Crippen LogP contribution is -2.41. The molecule has 4 nitrogen and oxygen atoms in total. The second kappa shape index (κ2) is 7.70. The van der Waals surface area contributed by atoms with Crippen LogP contribution in [-0.2, 0) is 17.6 Å². The minimum absolute atomic E-state index is 0.0660. The molecule has 1 aromatic rings. The number of anilines is 1. The summed E-state index contributed by atoms with van der Waals surface area (Å²) in [6, 6.07) is 3.70. The fourth-order valence-electron chi connectivity index (χ4n) is 4.67. The van der Waals surface area contributed by atoms with Gasteiger partial charge in [-0.15, -0.1) is 11.3 Å². The molecule has 1 amide bonds. The summed E-state index contributed by atoms with van der Waals surface area (Å²) < 4.78 is 0. The van der Waals surface area contributed by atoms with Gasteiger partial charge in [-0.3, -0.25) is 9.69 Å². The Kier molecular flexibility index (Phi) is 5.33. The van der Waals surface area contributed by atoms with Crippen LogP contribution in [0.2, 0.25) is 0 Å². The standard InChI is InChI=1S/C21H29N3OS/c1-14-5-7-15(8-6-14)24(16-9-10-16)12-11-20(25)23-21-18(13-22)17-3-2-4-19(17)26-21/h14-16H,2-12H2,1H3,(H,23,25). The molecule has 2 saturated carbocycles. The van der Waals surface area contributed by atoms with Gasteiger partial charge in [-0.25, -0.2) is 0 Å². The number of nitriles is 1. The Bertz CT molecular complexity index is 708. The van der Waals surface area contributed by atoms with Crippen molar-refractivity contribution in [3.05, 3.63) is 16.0 Å². The van der Waals surface area contributed by atoms with E-state index >= 15 is 0 Å². The number of nitrogens with zero attached hydrogens (tertiary/aromatic N) is 2. The molecule has 3 aliphatic carbocycles. The quantitative estimate of drug-likeness (QED) is 0.802. The van der Waals surface area contributed by atoms with Gasteiger partial charge in [0, 0.05) is 29.9 Å². The number of aryl methyl sites for hydroxylation is 1. The average molecular weight is 372 g/mol. The summed E-state index contributed by atoms with van der Waals surface area (Å²) in [6.45, 7) is 3.22. The zero-order valence-electron chi connectivity index (χ0n) is 15.7. The Morgan fingerprint density at radius 1 is 1.19 bits per heavy atom. The molecule has 0 aromatic carbocycles. The smallest absolute Gasteiger partial charge is 0.226 e. The van der Waals surface area contributed by atoms with Crippen LogP contribution in [0.4, 0.5) is 5.00 Å². The Morgan fingerprint density at radius 2 is 1.88 bits per heavy atom. The summed E-state index contributed by atoms with van der Waals surface area (Å²) in [5, 5.41) is 13.3. The molecule has 0 unspecified atom stereocenters. The molecule has 0 saturated heterocycles. The van der Waals surface area contributed by atoms with Crippen molar-refractivity contribution in [2.45, 2.75) is 83.2 Å². The zero-order chi connectivity index (χ0) is 18.1. The van der Waals surface area contributed by atoms with Gasteiger partial charge in [0.15, 0.2) is 0 Å². The van der Waals surface area contributed by atoms with Crippen molar-refractivity contribution >= 4 is 22.2 Å². The average Bonchev–Trinajstić information content (AvgIpc) is 3.27. The molecule has 26 heavy (non-hydrogen) atoms. The number of hydrogen-bond donors (Lipinski definition) is 1. The van der Waals surface area contributed by atoms with Crippen molar-refractivity contribution in [2.75, 3.05) is 11.9 Å². The van der Waals surface area contributed by atoms with E-state index in [-0.39, 0.29) is 5.91 Å². The molecule has 0 spiro atoms. The third-order valence-electron chi connectivity index (χ3n) is 6.35. The highest BCUT2D eigenvalue weighted by atomic mass is 32.1. The van der Waals surface area contributed by atoms with Gasteiger partial charge in [-0.05, 0) is 69.3 Å². The predicted octanol–water partition coefficient (Wildman–Crippen LogP) is 4.48. The maximum atomic E-state index is 12.5. The number of carbonyl (C=O) groups is 1. The van der Waals surface area contributed by atoms with Crippen LogP contribution >= 0.6 is 11.3 Å². The topological polar surface area (TPSA) is 56.1 Å². The van der Waals surface area contributed by atoms with Crippen molar-refractivity contribution < 1.29 is 4.79 Å². The number of thiophene rings is 1. The van der Waals surface area contributed by atoms with Gasteiger partial charge in [0.2, 0.25) is 5.91 Å². The third-order valence-corrected chi connectivity index (χ3v) is 7.56. The molecule has 0 radical (unpaired) electrons. The van der Waals surface area contributed by atoms with Gasteiger partial charge in [0.1, 0.15) is 11.1 Å². The van der Waals surface area contributed by atoms with Gasteiger partial charge in [-0.1, -0.05) is 6.92 Å². The van der Waals surface area contributed by atoms with Crippen LogP contribution in [0.25, 0.3) is 0 Å². The molecule has 0 aliphatic heterocycles.